The van der Waals surface area contributed by atoms with E-state index < -0.39 is 5.97 Å². The summed E-state index contributed by atoms with van der Waals surface area (Å²) in [5.74, 6) is -0.0950. The number of carbonyl (C=O) groups is 1. The Hall–Kier alpha value is -1.89. The predicted molar refractivity (Wildman–Crippen MR) is 65.3 cm³/mol. The Morgan fingerprint density at radius 2 is 2.39 bits per heavy atom. The van der Waals surface area contributed by atoms with Gasteiger partial charge in [-0.2, -0.15) is 0 Å². The molecule has 0 aromatic carbocycles. The van der Waals surface area contributed by atoms with Gasteiger partial charge in [-0.15, -0.1) is 0 Å². The zero-order valence-electron chi connectivity index (χ0n) is 9.91. The number of hydrogen-bond acceptors (Lipinski definition) is 7. The van der Waals surface area contributed by atoms with Gasteiger partial charge in [0.25, 0.3) is 0 Å². The van der Waals surface area contributed by atoms with Crippen LogP contribution >= 0.6 is 11.8 Å². The molecule has 0 saturated heterocycles. The van der Waals surface area contributed by atoms with Crippen LogP contribution in [-0.4, -0.2) is 34.0 Å². The number of aromatic nitrogens is 3. The monoisotopic (exact) mass is 265 g/mol. The summed E-state index contributed by atoms with van der Waals surface area (Å²) in [6.07, 6.45) is 3.50. The highest BCUT2D eigenvalue weighted by atomic mass is 32.2. The predicted octanol–water partition coefficient (Wildman–Crippen LogP) is 2.03. The van der Waals surface area contributed by atoms with Crippen molar-refractivity contribution in [1.29, 1.82) is 0 Å². The molecule has 0 fully saturated rings. The van der Waals surface area contributed by atoms with E-state index in [1.165, 1.54) is 17.8 Å². The lowest BCUT2D eigenvalue weighted by molar-refractivity contribution is 0.0514. The Balaban J connectivity index is 2.26. The quantitative estimate of drug-likeness (QED) is 0.475. The van der Waals surface area contributed by atoms with Gasteiger partial charge in [0.2, 0.25) is 0 Å². The van der Waals surface area contributed by atoms with Crippen LogP contribution in [-0.2, 0) is 4.74 Å². The molecule has 0 N–H and O–H groups in total. The Bertz CT molecular complexity index is 556. The number of carbonyl (C=O) groups excluding carboxylic acids is 1. The van der Waals surface area contributed by atoms with E-state index in [0.29, 0.717) is 23.2 Å². The maximum absolute atomic E-state index is 11.4. The van der Waals surface area contributed by atoms with E-state index in [0.717, 1.165) is 0 Å². The van der Waals surface area contributed by atoms with Crippen LogP contribution in [0.4, 0.5) is 0 Å². The van der Waals surface area contributed by atoms with E-state index in [9.17, 15) is 4.79 Å². The van der Waals surface area contributed by atoms with E-state index in [1.807, 2.05) is 6.26 Å². The Labute approximate surface area is 108 Å². The van der Waals surface area contributed by atoms with Gasteiger partial charge in [-0.05, 0) is 19.2 Å². The van der Waals surface area contributed by atoms with Crippen LogP contribution in [0.2, 0.25) is 0 Å². The van der Waals surface area contributed by atoms with Crippen LogP contribution in [0.5, 0.6) is 0 Å². The summed E-state index contributed by atoms with van der Waals surface area (Å²) in [6.45, 7) is 2.03. The zero-order valence-corrected chi connectivity index (χ0v) is 10.7. The number of rotatable bonds is 4. The van der Waals surface area contributed by atoms with E-state index in [-0.39, 0.29) is 5.69 Å². The van der Waals surface area contributed by atoms with Gasteiger partial charge in [-0.3, -0.25) is 0 Å². The number of nitrogens with zero attached hydrogens (tertiary/aromatic N) is 3. The van der Waals surface area contributed by atoms with Crippen LogP contribution < -0.4 is 0 Å². The summed E-state index contributed by atoms with van der Waals surface area (Å²) in [6, 6.07) is 3.19. The molecule has 18 heavy (non-hydrogen) atoms. The zero-order chi connectivity index (χ0) is 13.0. The third-order valence-electron chi connectivity index (χ3n) is 2.06. The van der Waals surface area contributed by atoms with E-state index in [1.54, 1.807) is 19.2 Å². The molecule has 2 aromatic heterocycles. The van der Waals surface area contributed by atoms with Crippen molar-refractivity contribution in [2.45, 2.75) is 12.1 Å². The minimum atomic E-state index is -0.508. The van der Waals surface area contributed by atoms with Gasteiger partial charge in [0.05, 0.1) is 6.61 Å². The van der Waals surface area contributed by atoms with E-state index >= 15 is 0 Å². The summed E-state index contributed by atoms with van der Waals surface area (Å²) in [5, 5.41) is 4.28. The summed E-state index contributed by atoms with van der Waals surface area (Å²) in [5.41, 5.74) is 0.716. The standard InChI is InChI=1S/C11H11N3O3S/c1-3-16-10(15)8-6-9(17-14-8)7-4-5-12-11(13-7)18-2/h4-6H,3H2,1-2H3. The van der Waals surface area contributed by atoms with Gasteiger partial charge in [0.15, 0.2) is 16.6 Å². The van der Waals surface area contributed by atoms with Crippen molar-refractivity contribution in [1.82, 2.24) is 15.1 Å². The van der Waals surface area contributed by atoms with Crippen molar-refractivity contribution in [2.75, 3.05) is 12.9 Å². The maximum atomic E-state index is 11.4. The fourth-order valence-electron chi connectivity index (χ4n) is 1.27. The van der Waals surface area contributed by atoms with E-state index in [2.05, 4.69) is 15.1 Å². The average Bonchev–Trinajstić information content (AvgIpc) is 2.89. The van der Waals surface area contributed by atoms with Gasteiger partial charge in [0, 0.05) is 12.3 Å². The first-order valence-electron chi connectivity index (χ1n) is 5.26. The summed E-state index contributed by atoms with van der Waals surface area (Å²) >= 11 is 1.42. The molecule has 2 rings (SSSR count). The van der Waals surface area contributed by atoms with Gasteiger partial charge in [0.1, 0.15) is 5.69 Å². The molecule has 0 aliphatic rings. The summed E-state index contributed by atoms with van der Waals surface area (Å²) in [7, 11) is 0. The second-order valence-corrected chi connectivity index (χ2v) is 4.00. The van der Waals surface area contributed by atoms with Gasteiger partial charge in [-0.1, -0.05) is 16.9 Å². The third kappa shape index (κ3) is 2.67. The fourth-order valence-corrected chi connectivity index (χ4v) is 1.63. The van der Waals surface area contributed by atoms with E-state index in [4.69, 9.17) is 9.26 Å². The maximum Gasteiger partial charge on any atom is 0.360 e. The topological polar surface area (TPSA) is 78.1 Å². The van der Waals surface area contributed by atoms with Gasteiger partial charge >= 0.3 is 5.97 Å². The van der Waals surface area contributed by atoms with Crippen LogP contribution in [0, 0.1) is 0 Å². The first kappa shape index (κ1) is 12.6. The van der Waals surface area contributed by atoms with Crippen molar-refractivity contribution >= 4 is 17.7 Å². The molecule has 0 unspecified atom stereocenters. The number of ether oxygens (including phenoxy) is 1. The third-order valence-corrected chi connectivity index (χ3v) is 2.63. The minimum Gasteiger partial charge on any atom is -0.461 e. The first-order chi connectivity index (χ1) is 8.74. The van der Waals surface area contributed by atoms with Gasteiger partial charge < -0.3 is 9.26 Å². The highest BCUT2D eigenvalue weighted by molar-refractivity contribution is 7.98. The normalized spacial score (nSPS) is 10.3. The molecule has 2 heterocycles. The number of hydrogen-bond donors (Lipinski definition) is 0. The molecule has 0 spiro atoms. The van der Waals surface area contributed by atoms with Crippen LogP contribution in [0.1, 0.15) is 17.4 Å². The van der Waals surface area contributed by atoms with Crippen molar-refractivity contribution in [3.05, 3.63) is 24.0 Å². The van der Waals surface area contributed by atoms with Crippen LogP contribution in [0.15, 0.2) is 28.0 Å². The lowest BCUT2D eigenvalue weighted by Gasteiger charge is -1.96. The molecule has 7 heteroatoms. The highest BCUT2D eigenvalue weighted by Crippen LogP contribution is 2.20. The molecular formula is C11H11N3O3S. The number of thioether (sulfide) groups is 1. The lowest BCUT2D eigenvalue weighted by Crippen LogP contribution is -2.04. The van der Waals surface area contributed by atoms with Gasteiger partial charge in [-0.25, -0.2) is 14.8 Å². The van der Waals surface area contributed by atoms with Crippen molar-refractivity contribution in [3.8, 4) is 11.5 Å². The summed E-state index contributed by atoms with van der Waals surface area (Å²) in [4.78, 5) is 19.7. The Morgan fingerprint density at radius 1 is 1.56 bits per heavy atom. The molecule has 0 amide bonds. The molecule has 2 aromatic rings. The van der Waals surface area contributed by atoms with Crippen molar-refractivity contribution in [3.63, 3.8) is 0 Å². The lowest BCUT2D eigenvalue weighted by atomic mass is 10.3. The second-order valence-electron chi connectivity index (χ2n) is 3.23. The molecule has 0 aliphatic carbocycles. The molecule has 94 valence electrons. The SMILES string of the molecule is CCOC(=O)c1cc(-c2ccnc(SC)n2)on1. The molecule has 6 nitrogen and oxygen atoms in total. The molecule has 0 saturated carbocycles. The smallest absolute Gasteiger partial charge is 0.360 e. The summed E-state index contributed by atoms with van der Waals surface area (Å²) < 4.78 is 9.89. The number of esters is 1. The molecule has 0 aliphatic heterocycles. The first-order valence-corrected chi connectivity index (χ1v) is 6.48. The second kappa shape index (κ2) is 5.63. The molecule has 0 bridgehead atoms. The fraction of sp³-hybridized carbons (Fsp3) is 0.273. The molecular weight excluding hydrogens is 254 g/mol. The largest absolute Gasteiger partial charge is 0.461 e. The van der Waals surface area contributed by atoms with Crippen molar-refractivity contribution in [2.24, 2.45) is 0 Å². The highest BCUT2D eigenvalue weighted by Gasteiger charge is 2.15. The molecule has 0 radical (unpaired) electrons. The Morgan fingerprint density at radius 3 is 3.11 bits per heavy atom. The molecule has 0 atom stereocenters. The van der Waals surface area contributed by atoms with Crippen molar-refractivity contribution < 1.29 is 14.1 Å². The minimum absolute atomic E-state index is 0.135. The Kier molecular flexibility index (Phi) is 3.93. The van der Waals surface area contributed by atoms with Crippen LogP contribution in [0.25, 0.3) is 11.5 Å². The average molecular weight is 265 g/mol. The van der Waals surface area contributed by atoms with Crippen LogP contribution in [0.3, 0.4) is 0 Å².